The molecule has 0 unspecified atom stereocenters. The molecule has 1 aromatic carbocycles. The van der Waals surface area contributed by atoms with Crippen LogP contribution < -0.4 is 10.1 Å². The molecular formula is C16H27Cl3N2O. The van der Waals surface area contributed by atoms with Crippen LogP contribution in [0.25, 0.3) is 0 Å². The van der Waals surface area contributed by atoms with Crippen molar-refractivity contribution in [2.24, 2.45) is 5.41 Å². The lowest BCUT2D eigenvalue weighted by molar-refractivity contribution is 0.0861. The summed E-state index contributed by atoms with van der Waals surface area (Å²) in [5.41, 5.74) is 1.44. The fourth-order valence-electron chi connectivity index (χ4n) is 3.05. The molecule has 1 aromatic rings. The quantitative estimate of drug-likeness (QED) is 0.865. The van der Waals surface area contributed by atoms with Crippen molar-refractivity contribution in [2.75, 3.05) is 33.3 Å². The van der Waals surface area contributed by atoms with E-state index in [1.165, 1.54) is 5.56 Å². The standard InChI is InChI=1S/C16H25ClN2O.2ClH/c1-16(2,3)15(19-9-7-18-8-10-19)12-5-6-13(17)14(11-12)20-4;;/h5-6,11,15,18H,7-10H2,1-4H3;2*1H/t15-;;/m0../s1. The van der Waals surface area contributed by atoms with Gasteiger partial charge in [0.2, 0.25) is 0 Å². The Morgan fingerprint density at radius 1 is 1.18 bits per heavy atom. The molecule has 0 radical (unpaired) electrons. The lowest BCUT2D eigenvalue weighted by atomic mass is 9.81. The van der Waals surface area contributed by atoms with Gasteiger partial charge in [0.05, 0.1) is 12.1 Å². The number of nitrogens with one attached hydrogen (secondary N) is 1. The zero-order valence-corrected chi connectivity index (χ0v) is 16.1. The van der Waals surface area contributed by atoms with E-state index in [9.17, 15) is 0 Å². The van der Waals surface area contributed by atoms with E-state index in [4.69, 9.17) is 16.3 Å². The highest BCUT2D eigenvalue weighted by Crippen LogP contribution is 2.40. The molecule has 1 atom stereocenters. The Balaban J connectivity index is 0.00000220. The van der Waals surface area contributed by atoms with E-state index in [0.717, 1.165) is 31.9 Å². The maximum atomic E-state index is 6.15. The van der Waals surface area contributed by atoms with Crippen molar-refractivity contribution in [1.82, 2.24) is 10.2 Å². The van der Waals surface area contributed by atoms with E-state index in [1.807, 2.05) is 6.07 Å². The van der Waals surface area contributed by atoms with E-state index in [1.54, 1.807) is 7.11 Å². The number of rotatable bonds is 3. The molecule has 0 saturated carbocycles. The van der Waals surface area contributed by atoms with Crippen molar-refractivity contribution in [2.45, 2.75) is 26.8 Å². The Kier molecular flexibility index (Phi) is 9.11. The van der Waals surface area contributed by atoms with Crippen LogP contribution >= 0.6 is 36.4 Å². The average Bonchev–Trinajstić information content (AvgIpc) is 2.40. The Bertz CT molecular complexity index is 457. The number of hydrogen-bond acceptors (Lipinski definition) is 3. The highest BCUT2D eigenvalue weighted by molar-refractivity contribution is 6.32. The molecule has 6 heteroatoms. The van der Waals surface area contributed by atoms with E-state index in [0.29, 0.717) is 11.1 Å². The van der Waals surface area contributed by atoms with Crippen molar-refractivity contribution >= 4 is 36.4 Å². The van der Waals surface area contributed by atoms with Gasteiger partial charge in [-0.25, -0.2) is 0 Å². The minimum Gasteiger partial charge on any atom is -0.495 e. The Morgan fingerprint density at radius 3 is 2.27 bits per heavy atom. The van der Waals surface area contributed by atoms with Crippen molar-refractivity contribution in [3.05, 3.63) is 28.8 Å². The molecule has 2 rings (SSSR count). The molecule has 1 aliphatic rings. The summed E-state index contributed by atoms with van der Waals surface area (Å²) in [7, 11) is 1.67. The van der Waals surface area contributed by atoms with Gasteiger partial charge in [0.25, 0.3) is 0 Å². The van der Waals surface area contributed by atoms with E-state index in [2.05, 4.69) is 43.1 Å². The zero-order valence-electron chi connectivity index (χ0n) is 13.7. The van der Waals surface area contributed by atoms with E-state index >= 15 is 0 Å². The van der Waals surface area contributed by atoms with Crippen molar-refractivity contribution in [3.8, 4) is 5.75 Å². The van der Waals surface area contributed by atoms with Crippen LogP contribution in [-0.4, -0.2) is 38.2 Å². The SMILES string of the molecule is COc1cc([C@H](N2CCNCC2)C(C)(C)C)ccc1Cl.Cl.Cl. The molecule has 1 heterocycles. The third kappa shape index (κ3) is 5.17. The van der Waals surface area contributed by atoms with Gasteiger partial charge in [-0.1, -0.05) is 38.4 Å². The van der Waals surface area contributed by atoms with Crippen molar-refractivity contribution in [1.29, 1.82) is 0 Å². The van der Waals surface area contributed by atoms with E-state index < -0.39 is 0 Å². The number of piperazine rings is 1. The van der Waals surface area contributed by atoms with Gasteiger partial charge in [0, 0.05) is 32.2 Å². The third-order valence-corrected chi connectivity index (χ3v) is 4.14. The fourth-order valence-corrected chi connectivity index (χ4v) is 3.24. The lowest BCUT2D eigenvalue weighted by Crippen LogP contribution is -2.48. The third-order valence-electron chi connectivity index (χ3n) is 3.83. The van der Waals surface area contributed by atoms with Crippen LogP contribution in [0.5, 0.6) is 5.75 Å². The second-order valence-corrected chi connectivity index (χ2v) is 6.86. The first-order valence-electron chi connectivity index (χ1n) is 7.21. The normalized spacial score (nSPS) is 17.1. The summed E-state index contributed by atoms with van der Waals surface area (Å²) in [6.45, 7) is 11.1. The fraction of sp³-hybridized carbons (Fsp3) is 0.625. The molecule has 22 heavy (non-hydrogen) atoms. The van der Waals surface area contributed by atoms with Crippen LogP contribution in [0.15, 0.2) is 18.2 Å². The number of methoxy groups -OCH3 is 1. The summed E-state index contributed by atoms with van der Waals surface area (Å²) in [6, 6.07) is 6.52. The Morgan fingerprint density at radius 2 is 1.77 bits per heavy atom. The molecule has 1 N–H and O–H groups in total. The Hall–Kier alpha value is -0.190. The molecule has 1 aliphatic heterocycles. The first kappa shape index (κ1) is 21.8. The van der Waals surface area contributed by atoms with Gasteiger partial charge in [-0.15, -0.1) is 24.8 Å². The first-order valence-corrected chi connectivity index (χ1v) is 7.59. The summed E-state index contributed by atoms with van der Waals surface area (Å²) in [4.78, 5) is 2.55. The number of halogens is 3. The number of benzene rings is 1. The van der Waals surface area contributed by atoms with Gasteiger partial charge in [0.1, 0.15) is 5.75 Å². The van der Waals surface area contributed by atoms with Crippen LogP contribution in [0.3, 0.4) is 0 Å². The van der Waals surface area contributed by atoms with Gasteiger partial charge in [-0.05, 0) is 23.1 Å². The monoisotopic (exact) mass is 368 g/mol. The maximum Gasteiger partial charge on any atom is 0.137 e. The predicted molar refractivity (Wildman–Crippen MR) is 99.1 cm³/mol. The molecule has 0 amide bonds. The molecule has 3 nitrogen and oxygen atoms in total. The number of ether oxygens (including phenoxy) is 1. The zero-order chi connectivity index (χ0) is 14.8. The largest absolute Gasteiger partial charge is 0.495 e. The molecule has 1 fully saturated rings. The minimum atomic E-state index is 0. The van der Waals surface area contributed by atoms with Crippen LogP contribution in [0.4, 0.5) is 0 Å². The maximum absolute atomic E-state index is 6.15. The van der Waals surface area contributed by atoms with Crippen LogP contribution in [-0.2, 0) is 0 Å². The second kappa shape index (κ2) is 9.19. The van der Waals surface area contributed by atoms with Gasteiger partial charge >= 0.3 is 0 Å². The average molecular weight is 370 g/mol. The summed E-state index contributed by atoms with van der Waals surface area (Å²) in [6.07, 6.45) is 0. The predicted octanol–water partition coefficient (Wildman–Crippen LogP) is 4.18. The summed E-state index contributed by atoms with van der Waals surface area (Å²) < 4.78 is 5.37. The molecular weight excluding hydrogens is 343 g/mol. The van der Waals surface area contributed by atoms with E-state index in [-0.39, 0.29) is 30.2 Å². The summed E-state index contributed by atoms with van der Waals surface area (Å²) in [5, 5.41) is 4.09. The van der Waals surface area contributed by atoms with Crippen LogP contribution in [0.1, 0.15) is 32.4 Å². The van der Waals surface area contributed by atoms with Crippen LogP contribution in [0, 0.1) is 5.41 Å². The number of hydrogen-bond donors (Lipinski definition) is 1. The molecule has 0 bridgehead atoms. The topological polar surface area (TPSA) is 24.5 Å². The first-order chi connectivity index (χ1) is 9.43. The smallest absolute Gasteiger partial charge is 0.137 e. The molecule has 0 aliphatic carbocycles. The van der Waals surface area contributed by atoms with Gasteiger partial charge in [0.15, 0.2) is 0 Å². The highest BCUT2D eigenvalue weighted by Gasteiger charge is 2.32. The van der Waals surface area contributed by atoms with Gasteiger partial charge in [-0.3, -0.25) is 4.90 Å². The molecule has 128 valence electrons. The minimum absolute atomic E-state index is 0. The molecule has 0 aromatic heterocycles. The highest BCUT2D eigenvalue weighted by atomic mass is 35.5. The second-order valence-electron chi connectivity index (χ2n) is 6.45. The molecule has 0 spiro atoms. The van der Waals surface area contributed by atoms with Crippen LogP contribution in [0.2, 0.25) is 5.02 Å². The lowest BCUT2D eigenvalue weighted by Gasteiger charge is -2.42. The van der Waals surface area contributed by atoms with Gasteiger partial charge < -0.3 is 10.1 Å². The number of nitrogens with zero attached hydrogens (tertiary/aromatic N) is 1. The van der Waals surface area contributed by atoms with Crippen molar-refractivity contribution in [3.63, 3.8) is 0 Å². The molecule has 1 saturated heterocycles. The van der Waals surface area contributed by atoms with Gasteiger partial charge in [-0.2, -0.15) is 0 Å². The summed E-state index contributed by atoms with van der Waals surface area (Å²) >= 11 is 6.15. The van der Waals surface area contributed by atoms with Crippen molar-refractivity contribution < 1.29 is 4.74 Å². The Labute approximate surface area is 151 Å². The summed E-state index contributed by atoms with van der Waals surface area (Å²) in [5.74, 6) is 0.758.